The minimum Gasteiger partial charge on any atom is -0.380 e. The summed E-state index contributed by atoms with van der Waals surface area (Å²) in [6, 6.07) is 0. The van der Waals surface area contributed by atoms with E-state index < -0.39 is 14.2 Å². The topological polar surface area (TPSA) is 20.2 Å². The van der Waals surface area contributed by atoms with Crippen LogP contribution in [0, 0.1) is 16.9 Å². The van der Waals surface area contributed by atoms with Crippen molar-refractivity contribution in [2.75, 3.05) is 0 Å². The van der Waals surface area contributed by atoms with Gasteiger partial charge in [0, 0.05) is 0 Å². The highest BCUT2D eigenvalue weighted by Crippen LogP contribution is 2.18. The smallest absolute Gasteiger partial charge is 0.129 e. The van der Waals surface area contributed by atoms with Crippen molar-refractivity contribution in [1.82, 2.24) is 0 Å². The van der Waals surface area contributed by atoms with Crippen molar-refractivity contribution in [2.24, 2.45) is 5.41 Å². The van der Waals surface area contributed by atoms with Crippen molar-refractivity contribution in [1.29, 1.82) is 0 Å². The van der Waals surface area contributed by atoms with Crippen LogP contribution in [0.4, 0.5) is 0 Å². The predicted molar refractivity (Wildman–Crippen MR) is 56.6 cm³/mol. The third-order valence-corrected chi connectivity index (χ3v) is 2.30. The first kappa shape index (κ1) is 11.7. The molecule has 0 aromatic heterocycles. The maximum Gasteiger partial charge on any atom is 0.129 e. The molecular weight excluding hydrogens is 164 g/mol. The molecule has 1 N–H and O–H groups in total. The Bertz CT molecular complexity index is 197. The molecule has 0 heterocycles. The molecule has 12 heavy (non-hydrogen) atoms. The predicted octanol–water partition coefficient (Wildman–Crippen LogP) is 2.27. The maximum atomic E-state index is 9.60. The number of hydrogen-bond donors (Lipinski definition) is 1. The molecule has 1 atom stereocenters. The van der Waals surface area contributed by atoms with Crippen LogP contribution in [0.5, 0.6) is 0 Å². The molecule has 0 fully saturated rings. The Balaban J connectivity index is 4.34. The lowest BCUT2D eigenvalue weighted by atomic mass is 9.90. The van der Waals surface area contributed by atoms with E-state index in [0.717, 1.165) is 0 Å². The first-order valence-corrected chi connectivity index (χ1v) is 7.84. The number of aliphatic hydroxyl groups is 1. The maximum absolute atomic E-state index is 9.60. The largest absolute Gasteiger partial charge is 0.380 e. The summed E-state index contributed by atoms with van der Waals surface area (Å²) in [5.74, 6) is 2.93. The third-order valence-electron chi connectivity index (χ3n) is 1.40. The normalized spacial score (nSPS) is 14.9. The number of aliphatic hydroxyl groups excluding tert-OH is 1. The third kappa shape index (κ3) is 5.40. The van der Waals surface area contributed by atoms with Crippen LogP contribution >= 0.6 is 0 Å². The fraction of sp³-hybridized carbons (Fsp3) is 0.800. The highest BCUT2D eigenvalue weighted by molar-refractivity contribution is 6.83. The van der Waals surface area contributed by atoms with Gasteiger partial charge in [-0.3, -0.25) is 0 Å². The van der Waals surface area contributed by atoms with Crippen molar-refractivity contribution in [3.8, 4) is 11.5 Å². The van der Waals surface area contributed by atoms with E-state index in [1.807, 2.05) is 20.8 Å². The molecule has 0 aromatic carbocycles. The van der Waals surface area contributed by atoms with Gasteiger partial charge in [-0.1, -0.05) is 46.3 Å². The summed E-state index contributed by atoms with van der Waals surface area (Å²) in [5, 5.41) is 9.60. The van der Waals surface area contributed by atoms with Crippen molar-refractivity contribution < 1.29 is 5.11 Å². The number of rotatable bonds is 0. The molecule has 0 saturated heterocycles. The molecule has 2 heteroatoms. The van der Waals surface area contributed by atoms with Gasteiger partial charge in [-0.2, -0.15) is 0 Å². The molecule has 0 amide bonds. The summed E-state index contributed by atoms with van der Waals surface area (Å²) in [6.07, 6.45) is -0.496. The van der Waals surface area contributed by atoms with Gasteiger partial charge in [-0.15, -0.1) is 5.54 Å². The summed E-state index contributed by atoms with van der Waals surface area (Å²) in [4.78, 5) is 0. The SMILES string of the molecule is CC(C)(C)[C@@H](O)C#C[Si](C)(C)C. The van der Waals surface area contributed by atoms with Crippen molar-refractivity contribution in [2.45, 2.75) is 46.5 Å². The fourth-order valence-electron chi connectivity index (χ4n) is 0.501. The lowest BCUT2D eigenvalue weighted by Gasteiger charge is -2.21. The van der Waals surface area contributed by atoms with E-state index in [1.165, 1.54) is 0 Å². The van der Waals surface area contributed by atoms with Crippen LogP contribution in [-0.4, -0.2) is 19.3 Å². The van der Waals surface area contributed by atoms with Gasteiger partial charge in [0.05, 0.1) is 0 Å². The van der Waals surface area contributed by atoms with Crippen LogP contribution in [0.25, 0.3) is 0 Å². The Morgan fingerprint density at radius 3 is 1.83 bits per heavy atom. The van der Waals surface area contributed by atoms with E-state index in [0.29, 0.717) is 0 Å². The molecule has 0 aromatic rings. The average Bonchev–Trinajstić information content (AvgIpc) is 1.78. The second kappa shape index (κ2) is 3.63. The molecular formula is C10H20OSi. The molecule has 1 nitrogen and oxygen atoms in total. The Labute approximate surface area is 77.2 Å². The van der Waals surface area contributed by atoms with Crippen LogP contribution < -0.4 is 0 Å². The van der Waals surface area contributed by atoms with E-state index in [4.69, 9.17) is 0 Å². The minimum absolute atomic E-state index is 0.118. The molecule has 0 aliphatic heterocycles. The molecule has 0 radical (unpaired) electrons. The van der Waals surface area contributed by atoms with Crippen LogP contribution in [0.3, 0.4) is 0 Å². The van der Waals surface area contributed by atoms with Crippen LogP contribution in [0.2, 0.25) is 19.6 Å². The molecule has 0 saturated carbocycles. The summed E-state index contributed by atoms with van der Waals surface area (Å²) in [6.45, 7) is 12.5. The first-order valence-electron chi connectivity index (χ1n) is 4.34. The molecule has 70 valence electrons. The standard InChI is InChI=1S/C10H20OSi/c1-10(2,3)9(11)7-8-12(4,5)6/h9,11H,1-6H3/t9-/m0/s1. The van der Waals surface area contributed by atoms with Crippen LogP contribution in [0.15, 0.2) is 0 Å². The Kier molecular flexibility index (Phi) is 3.55. The van der Waals surface area contributed by atoms with E-state index in [-0.39, 0.29) is 5.41 Å². The van der Waals surface area contributed by atoms with Gasteiger partial charge >= 0.3 is 0 Å². The van der Waals surface area contributed by atoms with Gasteiger partial charge in [-0.05, 0) is 5.41 Å². The highest BCUT2D eigenvalue weighted by Gasteiger charge is 2.20. The van der Waals surface area contributed by atoms with E-state index in [1.54, 1.807) is 0 Å². The Morgan fingerprint density at radius 2 is 1.58 bits per heavy atom. The highest BCUT2D eigenvalue weighted by atomic mass is 28.3. The van der Waals surface area contributed by atoms with E-state index >= 15 is 0 Å². The van der Waals surface area contributed by atoms with Crippen molar-refractivity contribution in [3.05, 3.63) is 0 Å². The van der Waals surface area contributed by atoms with Gasteiger partial charge in [0.2, 0.25) is 0 Å². The van der Waals surface area contributed by atoms with Gasteiger partial charge in [0.25, 0.3) is 0 Å². The van der Waals surface area contributed by atoms with Gasteiger partial charge in [-0.25, -0.2) is 0 Å². The zero-order valence-electron chi connectivity index (χ0n) is 9.02. The molecule has 0 aliphatic rings. The summed E-state index contributed by atoms with van der Waals surface area (Å²) >= 11 is 0. The molecule has 0 spiro atoms. The second-order valence-corrected chi connectivity index (χ2v) is 10.0. The van der Waals surface area contributed by atoms with Gasteiger partial charge in [0.15, 0.2) is 0 Å². The molecule has 0 unspecified atom stereocenters. The summed E-state index contributed by atoms with van der Waals surface area (Å²) in [7, 11) is -1.32. The molecule has 0 aliphatic carbocycles. The van der Waals surface area contributed by atoms with Crippen molar-refractivity contribution in [3.63, 3.8) is 0 Å². The van der Waals surface area contributed by atoms with Crippen LogP contribution in [0.1, 0.15) is 20.8 Å². The van der Waals surface area contributed by atoms with E-state index in [9.17, 15) is 5.11 Å². The summed E-state index contributed by atoms with van der Waals surface area (Å²) in [5.41, 5.74) is 3.05. The summed E-state index contributed by atoms with van der Waals surface area (Å²) < 4.78 is 0. The Morgan fingerprint density at radius 1 is 1.17 bits per heavy atom. The fourth-order valence-corrected chi connectivity index (χ4v) is 1.07. The number of hydrogen-bond acceptors (Lipinski definition) is 1. The zero-order valence-corrected chi connectivity index (χ0v) is 10.0. The lowest BCUT2D eigenvalue weighted by Crippen LogP contribution is -2.26. The van der Waals surface area contributed by atoms with Gasteiger partial charge in [0.1, 0.15) is 14.2 Å². The van der Waals surface area contributed by atoms with Crippen molar-refractivity contribution >= 4 is 8.07 Å². The average molecular weight is 184 g/mol. The van der Waals surface area contributed by atoms with Gasteiger partial charge < -0.3 is 5.11 Å². The molecule has 0 rings (SSSR count). The minimum atomic E-state index is -1.32. The second-order valence-electron chi connectivity index (χ2n) is 5.29. The zero-order chi connectivity index (χ0) is 9.99. The monoisotopic (exact) mass is 184 g/mol. The quantitative estimate of drug-likeness (QED) is 0.452. The lowest BCUT2D eigenvalue weighted by molar-refractivity contribution is 0.114. The first-order chi connectivity index (χ1) is 5.13. The van der Waals surface area contributed by atoms with E-state index in [2.05, 4.69) is 31.1 Å². The molecule has 0 bridgehead atoms. The Hall–Kier alpha value is -0.263. The van der Waals surface area contributed by atoms with Crippen LogP contribution in [-0.2, 0) is 0 Å².